The van der Waals surface area contributed by atoms with Crippen molar-refractivity contribution < 1.29 is 9.59 Å². The van der Waals surface area contributed by atoms with Gasteiger partial charge < -0.3 is 5.73 Å². The summed E-state index contributed by atoms with van der Waals surface area (Å²) in [4.78, 5) is 24.8. The minimum absolute atomic E-state index is 0.160. The van der Waals surface area contributed by atoms with Gasteiger partial charge in [0.05, 0.1) is 11.1 Å². The molecule has 1 rings (SSSR count). The smallest absolute Gasteiger partial charge is 0.253 e. The van der Waals surface area contributed by atoms with Gasteiger partial charge in [0, 0.05) is 12.4 Å². The lowest BCUT2D eigenvalue weighted by molar-refractivity contribution is 0.1000. The molecule has 1 aromatic rings. The van der Waals surface area contributed by atoms with Crippen molar-refractivity contribution in [3.63, 3.8) is 0 Å². The van der Waals surface area contributed by atoms with Crippen LogP contribution in [0.4, 0.5) is 0 Å². The Kier molecular flexibility index (Phi) is 2.40. The van der Waals surface area contributed by atoms with Crippen molar-refractivity contribution in [1.29, 1.82) is 0 Å². The molecule has 0 atom stereocenters. The minimum Gasteiger partial charge on any atom is -0.366 e. The molecule has 1 heterocycles. The van der Waals surface area contributed by atoms with Gasteiger partial charge in [0.15, 0.2) is 0 Å². The van der Waals surface area contributed by atoms with Crippen molar-refractivity contribution in [1.82, 2.24) is 4.98 Å². The molecule has 0 radical (unpaired) electrons. The third-order valence-electron chi connectivity index (χ3n) is 1.25. The topological polar surface area (TPSA) is 73.1 Å². The number of halogens is 1. The highest BCUT2D eigenvalue weighted by molar-refractivity contribution is 6.67. The summed E-state index contributed by atoms with van der Waals surface area (Å²) in [5.41, 5.74) is 5.28. The first kappa shape index (κ1) is 8.67. The second kappa shape index (κ2) is 3.32. The highest BCUT2D eigenvalue weighted by Gasteiger charge is 2.05. The summed E-state index contributed by atoms with van der Waals surface area (Å²) in [7, 11) is 0. The lowest BCUT2D eigenvalue weighted by Crippen LogP contribution is -2.11. The molecule has 1 amide bonds. The van der Waals surface area contributed by atoms with Crippen molar-refractivity contribution in [2.45, 2.75) is 0 Å². The summed E-state index contributed by atoms with van der Waals surface area (Å²) in [5, 5.41) is -0.661. The molecule has 0 aliphatic carbocycles. The zero-order valence-corrected chi connectivity index (χ0v) is 6.71. The van der Waals surface area contributed by atoms with Gasteiger partial charge in [-0.1, -0.05) is 0 Å². The summed E-state index contributed by atoms with van der Waals surface area (Å²) in [6.45, 7) is 0. The fourth-order valence-corrected chi connectivity index (χ4v) is 0.786. The molecule has 0 saturated heterocycles. The number of nitrogens with two attached hydrogens (primary N) is 1. The number of pyridine rings is 1. The van der Waals surface area contributed by atoms with Gasteiger partial charge in [-0.2, -0.15) is 0 Å². The molecule has 62 valence electrons. The largest absolute Gasteiger partial charge is 0.366 e. The molecule has 5 heteroatoms. The van der Waals surface area contributed by atoms with Crippen molar-refractivity contribution in [3.8, 4) is 0 Å². The van der Waals surface area contributed by atoms with E-state index in [2.05, 4.69) is 4.98 Å². The Balaban J connectivity index is 3.12. The summed E-state index contributed by atoms with van der Waals surface area (Å²) in [5.74, 6) is -0.637. The normalized spacial score (nSPS) is 9.42. The van der Waals surface area contributed by atoms with Crippen LogP contribution in [0.15, 0.2) is 18.5 Å². The van der Waals surface area contributed by atoms with Gasteiger partial charge in [0.25, 0.3) is 5.24 Å². The number of carbonyl (C=O) groups excluding carboxylic acids is 2. The van der Waals surface area contributed by atoms with E-state index in [0.29, 0.717) is 0 Å². The van der Waals surface area contributed by atoms with E-state index in [1.54, 1.807) is 0 Å². The number of amides is 1. The maximum atomic E-state index is 10.6. The van der Waals surface area contributed by atoms with Crippen LogP contribution in [0, 0.1) is 0 Å². The maximum absolute atomic E-state index is 10.6. The van der Waals surface area contributed by atoms with Crippen LogP contribution in [0.2, 0.25) is 0 Å². The van der Waals surface area contributed by atoms with Gasteiger partial charge in [0.2, 0.25) is 5.91 Å². The van der Waals surface area contributed by atoms with Crippen LogP contribution in [-0.4, -0.2) is 16.1 Å². The molecule has 12 heavy (non-hydrogen) atoms. The Morgan fingerprint density at radius 2 is 1.92 bits per heavy atom. The van der Waals surface area contributed by atoms with Gasteiger partial charge in [-0.15, -0.1) is 0 Å². The Morgan fingerprint density at radius 1 is 1.33 bits per heavy atom. The van der Waals surface area contributed by atoms with Crippen LogP contribution in [0.3, 0.4) is 0 Å². The van der Waals surface area contributed by atoms with E-state index in [0.717, 1.165) is 0 Å². The number of aromatic nitrogens is 1. The van der Waals surface area contributed by atoms with E-state index in [9.17, 15) is 9.59 Å². The monoisotopic (exact) mass is 184 g/mol. The molecule has 0 aliphatic heterocycles. The van der Waals surface area contributed by atoms with E-state index >= 15 is 0 Å². The molecular formula is C7H5ClN2O2. The van der Waals surface area contributed by atoms with Crippen molar-refractivity contribution in [2.75, 3.05) is 0 Å². The highest BCUT2D eigenvalue weighted by Crippen LogP contribution is 2.04. The van der Waals surface area contributed by atoms with Crippen LogP contribution < -0.4 is 5.73 Å². The quantitative estimate of drug-likeness (QED) is 0.683. The zero-order valence-electron chi connectivity index (χ0n) is 5.95. The number of hydrogen-bond donors (Lipinski definition) is 1. The summed E-state index contributed by atoms with van der Waals surface area (Å²) in [6, 6.07) is 1.30. The third kappa shape index (κ3) is 1.79. The molecule has 2 N–H and O–H groups in total. The van der Waals surface area contributed by atoms with Gasteiger partial charge >= 0.3 is 0 Å². The van der Waals surface area contributed by atoms with Crippen LogP contribution in [0.5, 0.6) is 0 Å². The maximum Gasteiger partial charge on any atom is 0.253 e. The van der Waals surface area contributed by atoms with Crippen LogP contribution >= 0.6 is 11.6 Å². The number of hydrogen-bond acceptors (Lipinski definition) is 3. The van der Waals surface area contributed by atoms with E-state index in [4.69, 9.17) is 17.3 Å². The predicted octanol–water partition coefficient (Wildman–Crippen LogP) is 0.560. The van der Waals surface area contributed by atoms with Crippen molar-refractivity contribution in [2.24, 2.45) is 5.73 Å². The van der Waals surface area contributed by atoms with E-state index < -0.39 is 11.1 Å². The molecule has 0 fully saturated rings. The first-order valence-corrected chi connectivity index (χ1v) is 3.43. The summed E-state index contributed by atoms with van der Waals surface area (Å²) in [6.07, 6.45) is 2.54. The molecular weight excluding hydrogens is 180 g/mol. The van der Waals surface area contributed by atoms with Gasteiger partial charge in [-0.25, -0.2) is 0 Å². The minimum atomic E-state index is -0.661. The molecule has 1 aromatic heterocycles. The number of carbonyl (C=O) groups is 2. The first-order valence-electron chi connectivity index (χ1n) is 3.06. The number of primary amides is 1. The molecule has 0 spiro atoms. The Bertz CT molecular complexity index is 309. The molecule has 0 bridgehead atoms. The van der Waals surface area contributed by atoms with Crippen LogP contribution in [0.25, 0.3) is 0 Å². The van der Waals surface area contributed by atoms with Gasteiger partial charge in [0.1, 0.15) is 0 Å². The van der Waals surface area contributed by atoms with Gasteiger partial charge in [-0.05, 0) is 17.7 Å². The number of rotatable bonds is 2. The van der Waals surface area contributed by atoms with E-state index in [1.165, 1.54) is 18.5 Å². The van der Waals surface area contributed by atoms with Crippen LogP contribution in [-0.2, 0) is 0 Å². The summed E-state index contributed by atoms with van der Waals surface area (Å²) < 4.78 is 0. The number of nitrogens with zero attached hydrogens (tertiary/aromatic N) is 1. The highest BCUT2D eigenvalue weighted by atomic mass is 35.5. The molecule has 0 unspecified atom stereocenters. The molecule has 0 aromatic carbocycles. The van der Waals surface area contributed by atoms with E-state index in [-0.39, 0.29) is 11.1 Å². The second-order valence-corrected chi connectivity index (χ2v) is 2.44. The lowest BCUT2D eigenvalue weighted by atomic mass is 10.2. The molecule has 0 saturated carbocycles. The Hall–Kier alpha value is -1.42. The van der Waals surface area contributed by atoms with E-state index in [1.807, 2.05) is 0 Å². The molecule has 0 aliphatic rings. The fraction of sp³-hybridized carbons (Fsp3) is 0. The zero-order chi connectivity index (χ0) is 9.14. The Labute approximate surface area is 73.3 Å². The summed E-state index contributed by atoms with van der Waals surface area (Å²) >= 11 is 5.15. The van der Waals surface area contributed by atoms with Crippen molar-refractivity contribution >= 4 is 22.8 Å². The van der Waals surface area contributed by atoms with Gasteiger partial charge in [-0.3, -0.25) is 14.6 Å². The second-order valence-electron chi connectivity index (χ2n) is 2.10. The predicted molar refractivity (Wildman–Crippen MR) is 42.9 cm³/mol. The van der Waals surface area contributed by atoms with Crippen LogP contribution in [0.1, 0.15) is 20.7 Å². The fourth-order valence-electron chi connectivity index (χ4n) is 0.682. The lowest BCUT2D eigenvalue weighted by Gasteiger charge is -1.95. The third-order valence-corrected chi connectivity index (χ3v) is 1.47. The molecule has 4 nitrogen and oxygen atoms in total. The Morgan fingerprint density at radius 3 is 2.42 bits per heavy atom. The average molecular weight is 185 g/mol. The standard InChI is InChI=1S/C7H5ClN2O2/c8-6(11)4-1-5(7(9)12)3-10-2-4/h1-3H,(H2,9,12). The first-order chi connectivity index (χ1) is 5.61. The van der Waals surface area contributed by atoms with Crippen molar-refractivity contribution in [3.05, 3.63) is 29.6 Å². The average Bonchev–Trinajstić information content (AvgIpc) is 2.04. The SMILES string of the molecule is NC(=O)c1cncc(C(=O)Cl)c1.